The van der Waals surface area contributed by atoms with Gasteiger partial charge in [-0.15, -0.1) is 11.3 Å². The van der Waals surface area contributed by atoms with Crippen molar-refractivity contribution in [3.8, 4) is 0 Å². The number of hydrogen-bond donors (Lipinski definition) is 1. The van der Waals surface area contributed by atoms with E-state index in [9.17, 15) is 0 Å². The number of hydrogen-bond acceptors (Lipinski definition) is 2. The summed E-state index contributed by atoms with van der Waals surface area (Å²) in [5, 5.41) is 0. The molecule has 2 aliphatic carbocycles. The Bertz CT molecular complexity index is 362. The van der Waals surface area contributed by atoms with Crippen LogP contribution in [0.5, 0.6) is 0 Å². The van der Waals surface area contributed by atoms with Gasteiger partial charge in [0.25, 0.3) is 0 Å². The molecule has 0 amide bonds. The highest BCUT2D eigenvalue weighted by molar-refractivity contribution is 7.12. The van der Waals surface area contributed by atoms with Gasteiger partial charge in [-0.3, -0.25) is 0 Å². The van der Waals surface area contributed by atoms with Crippen molar-refractivity contribution < 1.29 is 0 Å². The van der Waals surface area contributed by atoms with Crippen molar-refractivity contribution in [1.29, 1.82) is 0 Å². The lowest BCUT2D eigenvalue weighted by Crippen LogP contribution is -2.26. The topological polar surface area (TPSA) is 26.0 Å². The van der Waals surface area contributed by atoms with Gasteiger partial charge in [-0.25, -0.2) is 0 Å². The molecule has 1 aromatic rings. The Balaban J connectivity index is 2.05. The van der Waals surface area contributed by atoms with E-state index in [4.69, 9.17) is 5.73 Å². The summed E-state index contributed by atoms with van der Waals surface area (Å²) in [6.45, 7) is 3.07. The number of aryl methyl sites for hydroxylation is 2. The summed E-state index contributed by atoms with van der Waals surface area (Å²) in [6.07, 6.45) is 5.53. The number of rotatable bonds is 1. The van der Waals surface area contributed by atoms with Gasteiger partial charge in [-0.1, -0.05) is 0 Å². The molecule has 1 atom stereocenters. The van der Waals surface area contributed by atoms with E-state index in [1.54, 1.807) is 10.4 Å². The second kappa shape index (κ2) is 2.83. The van der Waals surface area contributed by atoms with Gasteiger partial charge < -0.3 is 5.73 Å². The van der Waals surface area contributed by atoms with Gasteiger partial charge in [0.05, 0.1) is 0 Å². The molecule has 1 heterocycles. The van der Waals surface area contributed by atoms with Crippen LogP contribution in [-0.4, -0.2) is 6.54 Å². The molecule has 1 saturated carbocycles. The molecule has 14 heavy (non-hydrogen) atoms. The van der Waals surface area contributed by atoms with Crippen LogP contribution in [0.15, 0.2) is 6.07 Å². The van der Waals surface area contributed by atoms with Gasteiger partial charge in [0.15, 0.2) is 0 Å². The third-order valence-corrected chi connectivity index (χ3v) is 5.25. The molecule has 2 heteroatoms. The smallest absolute Gasteiger partial charge is 0.0129 e. The van der Waals surface area contributed by atoms with Crippen molar-refractivity contribution in [2.45, 2.75) is 38.5 Å². The summed E-state index contributed by atoms with van der Waals surface area (Å²) >= 11 is 1.99. The van der Waals surface area contributed by atoms with Crippen molar-refractivity contribution >= 4 is 11.3 Å². The van der Waals surface area contributed by atoms with Gasteiger partial charge >= 0.3 is 0 Å². The Kier molecular flexibility index (Phi) is 1.80. The van der Waals surface area contributed by atoms with Crippen LogP contribution in [0.25, 0.3) is 0 Å². The van der Waals surface area contributed by atoms with Crippen LogP contribution in [0, 0.1) is 12.3 Å². The Morgan fingerprint density at radius 1 is 1.50 bits per heavy atom. The highest BCUT2D eigenvalue weighted by Crippen LogP contribution is 2.62. The third kappa shape index (κ3) is 1.10. The van der Waals surface area contributed by atoms with Crippen molar-refractivity contribution in [3.63, 3.8) is 0 Å². The quantitative estimate of drug-likeness (QED) is 0.753. The van der Waals surface area contributed by atoms with Crippen molar-refractivity contribution in [3.05, 3.63) is 21.4 Å². The highest BCUT2D eigenvalue weighted by atomic mass is 32.1. The van der Waals surface area contributed by atoms with Crippen LogP contribution < -0.4 is 5.73 Å². The van der Waals surface area contributed by atoms with Crippen molar-refractivity contribution in [2.24, 2.45) is 11.1 Å². The molecule has 1 unspecified atom stereocenters. The third-order valence-electron chi connectivity index (χ3n) is 4.04. The zero-order valence-electron chi connectivity index (χ0n) is 8.68. The highest BCUT2D eigenvalue weighted by Gasteiger charge is 2.51. The standard InChI is InChI=1S/C12H17NS/c1-8-6-9-2-3-12(4-5-12)10(7-13)11(9)14-8/h6,10H,2-5,7,13H2,1H3. The van der Waals surface area contributed by atoms with Crippen LogP contribution in [0.4, 0.5) is 0 Å². The van der Waals surface area contributed by atoms with Crippen LogP contribution >= 0.6 is 11.3 Å². The molecule has 0 bridgehead atoms. The second-order valence-corrected chi connectivity index (χ2v) is 6.19. The molecule has 0 saturated heterocycles. The average molecular weight is 207 g/mol. The summed E-state index contributed by atoms with van der Waals surface area (Å²) in [4.78, 5) is 3.08. The number of thiophene rings is 1. The maximum atomic E-state index is 5.95. The van der Waals surface area contributed by atoms with Gasteiger partial charge in [0, 0.05) is 22.2 Å². The zero-order valence-corrected chi connectivity index (χ0v) is 9.49. The van der Waals surface area contributed by atoms with E-state index in [-0.39, 0.29) is 0 Å². The fourth-order valence-corrected chi connectivity index (χ4v) is 4.36. The van der Waals surface area contributed by atoms with E-state index in [1.807, 2.05) is 11.3 Å². The zero-order chi connectivity index (χ0) is 9.76. The number of fused-ring (bicyclic) bond motifs is 1. The molecule has 1 spiro atoms. The molecule has 2 aliphatic rings. The maximum absolute atomic E-state index is 5.95. The van der Waals surface area contributed by atoms with Gasteiger partial charge in [0.2, 0.25) is 0 Å². The lowest BCUT2D eigenvalue weighted by atomic mass is 9.77. The minimum Gasteiger partial charge on any atom is -0.330 e. The monoisotopic (exact) mass is 207 g/mol. The van der Waals surface area contributed by atoms with Gasteiger partial charge in [-0.2, -0.15) is 0 Å². The summed E-state index contributed by atoms with van der Waals surface area (Å²) in [5.74, 6) is 0.685. The Hall–Kier alpha value is -0.340. The van der Waals surface area contributed by atoms with Gasteiger partial charge in [0.1, 0.15) is 0 Å². The minimum atomic E-state index is 0.638. The van der Waals surface area contributed by atoms with E-state index >= 15 is 0 Å². The van der Waals surface area contributed by atoms with E-state index in [1.165, 1.54) is 30.6 Å². The Labute approximate surface area is 89.3 Å². The summed E-state index contributed by atoms with van der Waals surface area (Å²) in [7, 11) is 0. The van der Waals surface area contributed by atoms with E-state index < -0.39 is 0 Å². The first kappa shape index (κ1) is 8.93. The lowest BCUT2D eigenvalue weighted by Gasteiger charge is -2.30. The van der Waals surface area contributed by atoms with Crippen LogP contribution in [-0.2, 0) is 6.42 Å². The van der Waals surface area contributed by atoms with E-state index in [0.29, 0.717) is 11.3 Å². The largest absolute Gasteiger partial charge is 0.330 e. The fraction of sp³-hybridized carbons (Fsp3) is 0.667. The summed E-state index contributed by atoms with van der Waals surface area (Å²) < 4.78 is 0. The molecule has 3 rings (SSSR count). The predicted octanol–water partition coefficient (Wildman–Crippen LogP) is 2.83. The van der Waals surface area contributed by atoms with Crippen molar-refractivity contribution in [1.82, 2.24) is 0 Å². The van der Waals surface area contributed by atoms with Gasteiger partial charge in [-0.05, 0) is 49.7 Å². The van der Waals surface area contributed by atoms with Crippen LogP contribution in [0.3, 0.4) is 0 Å². The molecule has 1 fully saturated rings. The number of nitrogens with two attached hydrogens (primary N) is 1. The first-order valence-corrected chi connectivity index (χ1v) is 6.36. The first-order chi connectivity index (χ1) is 6.75. The minimum absolute atomic E-state index is 0.638. The molecular weight excluding hydrogens is 190 g/mol. The maximum Gasteiger partial charge on any atom is 0.0129 e. The van der Waals surface area contributed by atoms with Crippen LogP contribution in [0.2, 0.25) is 0 Å². The fourth-order valence-electron chi connectivity index (χ4n) is 3.03. The Morgan fingerprint density at radius 3 is 2.93 bits per heavy atom. The van der Waals surface area contributed by atoms with E-state index in [2.05, 4.69) is 13.0 Å². The second-order valence-electron chi connectivity index (χ2n) is 4.90. The predicted molar refractivity (Wildman–Crippen MR) is 60.8 cm³/mol. The lowest BCUT2D eigenvalue weighted by molar-refractivity contribution is 0.358. The van der Waals surface area contributed by atoms with Crippen LogP contribution in [0.1, 0.15) is 40.5 Å². The average Bonchev–Trinajstić information content (AvgIpc) is 2.82. The molecular formula is C12H17NS. The molecule has 0 radical (unpaired) electrons. The molecule has 2 N–H and O–H groups in total. The summed E-state index contributed by atoms with van der Waals surface area (Å²) in [5.41, 5.74) is 8.19. The SMILES string of the molecule is Cc1cc2c(s1)C(CN)C1(CC2)CC1. The molecule has 76 valence electrons. The summed E-state index contributed by atoms with van der Waals surface area (Å²) in [6, 6.07) is 2.37. The molecule has 0 aliphatic heterocycles. The molecule has 1 nitrogen and oxygen atoms in total. The molecule has 1 aromatic heterocycles. The van der Waals surface area contributed by atoms with E-state index in [0.717, 1.165) is 6.54 Å². The first-order valence-electron chi connectivity index (χ1n) is 5.54. The normalized spacial score (nSPS) is 27.7. The van der Waals surface area contributed by atoms with Crippen molar-refractivity contribution in [2.75, 3.05) is 6.54 Å². The Morgan fingerprint density at radius 2 is 2.29 bits per heavy atom. The molecule has 0 aromatic carbocycles.